The number of rotatable bonds is 4. The van der Waals surface area contributed by atoms with Gasteiger partial charge in [-0.3, -0.25) is 4.79 Å². The highest BCUT2D eigenvalue weighted by molar-refractivity contribution is 9.10. The van der Waals surface area contributed by atoms with E-state index in [9.17, 15) is 14.3 Å². The van der Waals surface area contributed by atoms with Gasteiger partial charge in [0.2, 0.25) is 5.91 Å². The second kappa shape index (κ2) is 6.68. The average Bonchev–Trinajstić information content (AvgIpc) is 2.79. The molecule has 1 amide bonds. The highest BCUT2D eigenvalue weighted by atomic mass is 79.9. The zero-order chi connectivity index (χ0) is 14.7. The Hall–Kier alpha value is -0.940. The average molecular weight is 344 g/mol. The fourth-order valence-corrected chi connectivity index (χ4v) is 3.07. The zero-order valence-corrected chi connectivity index (χ0v) is 13.1. The molecule has 0 radical (unpaired) electrons. The first-order chi connectivity index (χ1) is 9.47. The Morgan fingerprint density at radius 2 is 2.25 bits per heavy atom. The maximum absolute atomic E-state index is 13.6. The van der Waals surface area contributed by atoms with E-state index in [2.05, 4.69) is 15.9 Å². The van der Waals surface area contributed by atoms with Gasteiger partial charge in [0.05, 0.1) is 12.5 Å². The second-order valence-corrected chi connectivity index (χ2v) is 6.36. The summed E-state index contributed by atoms with van der Waals surface area (Å²) in [7, 11) is 1.71. The summed E-state index contributed by atoms with van der Waals surface area (Å²) < 4.78 is 14.4. The molecule has 1 aromatic carbocycles. The molecule has 0 unspecified atom stereocenters. The predicted octanol–water partition coefficient (Wildman–Crippen LogP) is 2.75. The fraction of sp³-hybridized carbons (Fsp3) is 0.533. The van der Waals surface area contributed by atoms with Crippen molar-refractivity contribution in [2.24, 2.45) is 5.92 Å². The van der Waals surface area contributed by atoms with Crippen LogP contribution in [0.3, 0.4) is 0 Å². The quantitative estimate of drug-likeness (QED) is 0.913. The van der Waals surface area contributed by atoms with Gasteiger partial charge in [0, 0.05) is 24.0 Å². The standard InChI is InChI=1S/C15H19BrFNO2/c1-18(9-10-3-2-4-14(10)19)15(20)8-11-7-12(16)5-6-13(11)17/h5-7,10,14,19H,2-4,8-9H2,1H3/t10-,14-/m1/s1. The molecular weight excluding hydrogens is 325 g/mol. The first-order valence-corrected chi connectivity index (χ1v) is 7.62. The minimum absolute atomic E-state index is 0.0462. The predicted molar refractivity (Wildman–Crippen MR) is 78.8 cm³/mol. The van der Waals surface area contributed by atoms with E-state index in [0.717, 1.165) is 23.7 Å². The number of amides is 1. The van der Waals surface area contributed by atoms with Crippen molar-refractivity contribution in [1.82, 2.24) is 4.90 Å². The first-order valence-electron chi connectivity index (χ1n) is 6.83. The molecule has 1 N–H and O–H groups in total. The summed E-state index contributed by atoms with van der Waals surface area (Å²) >= 11 is 3.28. The van der Waals surface area contributed by atoms with E-state index < -0.39 is 0 Å². The molecule has 1 aliphatic rings. The lowest BCUT2D eigenvalue weighted by atomic mass is 10.0. The van der Waals surface area contributed by atoms with E-state index in [1.165, 1.54) is 6.07 Å². The van der Waals surface area contributed by atoms with Crippen molar-refractivity contribution in [2.75, 3.05) is 13.6 Å². The number of aliphatic hydroxyl groups excluding tert-OH is 1. The van der Waals surface area contributed by atoms with Gasteiger partial charge in [-0.2, -0.15) is 0 Å². The van der Waals surface area contributed by atoms with Crippen LogP contribution in [0.15, 0.2) is 22.7 Å². The monoisotopic (exact) mass is 343 g/mol. The molecule has 0 heterocycles. The van der Waals surface area contributed by atoms with Crippen LogP contribution >= 0.6 is 15.9 Å². The molecular formula is C15H19BrFNO2. The van der Waals surface area contributed by atoms with E-state index in [1.807, 2.05) is 0 Å². The number of likely N-dealkylation sites (N-methyl/N-ethyl adjacent to an activating group) is 1. The zero-order valence-electron chi connectivity index (χ0n) is 11.5. The molecule has 0 aromatic heterocycles. The van der Waals surface area contributed by atoms with Crippen molar-refractivity contribution < 1.29 is 14.3 Å². The Bertz CT molecular complexity index is 495. The molecule has 0 spiro atoms. The molecule has 2 rings (SSSR count). The largest absolute Gasteiger partial charge is 0.393 e. The Kier molecular flexibility index (Phi) is 5.16. The normalized spacial score (nSPS) is 22.0. The summed E-state index contributed by atoms with van der Waals surface area (Å²) in [6.07, 6.45) is 2.50. The van der Waals surface area contributed by atoms with Gasteiger partial charge >= 0.3 is 0 Å². The van der Waals surface area contributed by atoms with Gasteiger partial charge < -0.3 is 10.0 Å². The molecule has 20 heavy (non-hydrogen) atoms. The smallest absolute Gasteiger partial charge is 0.226 e. The third-order valence-electron chi connectivity index (χ3n) is 3.90. The van der Waals surface area contributed by atoms with Crippen molar-refractivity contribution in [3.63, 3.8) is 0 Å². The van der Waals surface area contributed by atoms with E-state index in [4.69, 9.17) is 0 Å². The number of hydrogen-bond donors (Lipinski definition) is 1. The molecule has 1 fully saturated rings. The van der Waals surface area contributed by atoms with Crippen molar-refractivity contribution in [1.29, 1.82) is 0 Å². The van der Waals surface area contributed by atoms with Crippen LogP contribution in [0.4, 0.5) is 4.39 Å². The maximum Gasteiger partial charge on any atom is 0.226 e. The summed E-state index contributed by atoms with van der Waals surface area (Å²) in [5.74, 6) is -0.340. The number of carbonyl (C=O) groups excluding carboxylic acids is 1. The third kappa shape index (κ3) is 3.79. The Labute approximate surface area is 126 Å². The minimum Gasteiger partial charge on any atom is -0.393 e. The van der Waals surface area contributed by atoms with Crippen LogP contribution in [-0.2, 0) is 11.2 Å². The molecule has 5 heteroatoms. The van der Waals surface area contributed by atoms with Gasteiger partial charge in [-0.25, -0.2) is 4.39 Å². The first kappa shape index (κ1) is 15.4. The van der Waals surface area contributed by atoms with E-state index in [1.54, 1.807) is 24.1 Å². The van der Waals surface area contributed by atoms with Crippen molar-refractivity contribution in [3.05, 3.63) is 34.1 Å². The highest BCUT2D eigenvalue weighted by Gasteiger charge is 2.27. The number of hydrogen-bond acceptors (Lipinski definition) is 2. The highest BCUT2D eigenvalue weighted by Crippen LogP contribution is 2.26. The molecule has 1 saturated carbocycles. The summed E-state index contributed by atoms with van der Waals surface area (Å²) in [4.78, 5) is 13.7. The number of carbonyl (C=O) groups is 1. The summed E-state index contributed by atoms with van der Waals surface area (Å²) in [6.45, 7) is 0.537. The lowest BCUT2D eigenvalue weighted by Gasteiger charge is -2.23. The van der Waals surface area contributed by atoms with Crippen LogP contribution in [0.2, 0.25) is 0 Å². The summed E-state index contributed by atoms with van der Waals surface area (Å²) in [5.41, 5.74) is 0.392. The van der Waals surface area contributed by atoms with Gasteiger partial charge in [-0.15, -0.1) is 0 Å². The van der Waals surface area contributed by atoms with Crippen LogP contribution in [0.5, 0.6) is 0 Å². The third-order valence-corrected chi connectivity index (χ3v) is 4.40. The van der Waals surface area contributed by atoms with Crippen LogP contribution in [0, 0.1) is 11.7 Å². The van der Waals surface area contributed by atoms with E-state index in [0.29, 0.717) is 12.1 Å². The van der Waals surface area contributed by atoms with Crippen LogP contribution in [0.25, 0.3) is 0 Å². The van der Waals surface area contributed by atoms with Gasteiger partial charge in [0.1, 0.15) is 5.82 Å². The topological polar surface area (TPSA) is 40.5 Å². The molecule has 0 aliphatic heterocycles. The lowest BCUT2D eigenvalue weighted by molar-refractivity contribution is -0.130. The molecule has 3 nitrogen and oxygen atoms in total. The van der Waals surface area contributed by atoms with Gasteiger partial charge in [0.15, 0.2) is 0 Å². The number of halogens is 2. The second-order valence-electron chi connectivity index (χ2n) is 5.45. The molecule has 0 saturated heterocycles. The van der Waals surface area contributed by atoms with Crippen molar-refractivity contribution >= 4 is 21.8 Å². The van der Waals surface area contributed by atoms with Crippen LogP contribution in [0.1, 0.15) is 24.8 Å². The van der Waals surface area contributed by atoms with Crippen LogP contribution < -0.4 is 0 Å². The van der Waals surface area contributed by atoms with Gasteiger partial charge in [-0.05, 0) is 36.6 Å². The summed E-state index contributed by atoms with van der Waals surface area (Å²) in [6, 6.07) is 4.60. The molecule has 1 aromatic rings. The fourth-order valence-electron chi connectivity index (χ4n) is 2.66. The number of aliphatic hydroxyl groups is 1. The van der Waals surface area contributed by atoms with E-state index >= 15 is 0 Å². The maximum atomic E-state index is 13.6. The number of nitrogens with zero attached hydrogens (tertiary/aromatic N) is 1. The molecule has 1 aliphatic carbocycles. The van der Waals surface area contributed by atoms with Gasteiger partial charge in [-0.1, -0.05) is 22.4 Å². The van der Waals surface area contributed by atoms with Crippen LogP contribution in [-0.4, -0.2) is 35.6 Å². The van der Waals surface area contributed by atoms with E-state index in [-0.39, 0.29) is 30.2 Å². The van der Waals surface area contributed by atoms with Crippen molar-refractivity contribution in [3.8, 4) is 0 Å². The molecule has 2 atom stereocenters. The lowest BCUT2D eigenvalue weighted by Crippen LogP contribution is -2.35. The minimum atomic E-state index is -0.365. The number of benzene rings is 1. The van der Waals surface area contributed by atoms with Gasteiger partial charge in [0.25, 0.3) is 0 Å². The molecule has 110 valence electrons. The summed E-state index contributed by atoms with van der Waals surface area (Å²) in [5, 5.41) is 9.79. The SMILES string of the molecule is CN(C[C@H]1CCC[C@H]1O)C(=O)Cc1cc(Br)ccc1F. The Morgan fingerprint density at radius 1 is 1.50 bits per heavy atom. The molecule has 0 bridgehead atoms. The Morgan fingerprint density at radius 3 is 2.90 bits per heavy atom. The Balaban J connectivity index is 1.95. The van der Waals surface area contributed by atoms with Crippen molar-refractivity contribution in [2.45, 2.75) is 31.8 Å².